The highest BCUT2D eigenvalue weighted by molar-refractivity contribution is 5.86. The number of nitrogens with one attached hydrogen (secondary N) is 1. The van der Waals surface area contributed by atoms with Crippen LogP contribution >= 0.6 is 37.2 Å². The molecule has 0 aliphatic carbocycles. The molecule has 1 amide bonds. The third kappa shape index (κ3) is 7.59. The highest BCUT2D eigenvalue weighted by Gasteiger charge is 2.21. The number of piperazine rings is 1. The summed E-state index contributed by atoms with van der Waals surface area (Å²) in [6.45, 7) is 6.98. The Bertz CT molecular complexity index is 428. The van der Waals surface area contributed by atoms with Crippen molar-refractivity contribution in [2.45, 2.75) is 13.0 Å². The molecular weight excluding hydrogens is 359 g/mol. The summed E-state index contributed by atoms with van der Waals surface area (Å²) in [6.07, 6.45) is 0. The molecule has 2 rings (SSSR count). The fourth-order valence-electron chi connectivity index (χ4n) is 2.52. The summed E-state index contributed by atoms with van der Waals surface area (Å²) in [6, 6.07) is 10.9. The Kier molecular flexibility index (Phi) is 13.5. The number of amides is 1. The van der Waals surface area contributed by atoms with Gasteiger partial charge in [-0.05, 0) is 19.1 Å². The fraction of sp³-hybridized carbons (Fsp3) is 0.533. The van der Waals surface area contributed by atoms with E-state index < -0.39 is 0 Å². The van der Waals surface area contributed by atoms with Gasteiger partial charge in [0.1, 0.15) is 0 Å². The molecule has 1 fully saturated rings. The van der Waals surface area contributed by atoms with Gasteiger partial charge in [-0.2, -0.15) is 0 Å². The molecule has 1 saturated heterocycles. The van der Waals surface area contributed by atoms with Crippen molar-refractivity contribution in [2.75, 3.05) is 44.2 Å². The Morgan fingerprint density at radius 1 is 1.13 bits per heavy atom. The number of hydrogen-bond acceptors (Lipinski definition) is 4. The number of carbonyl (C=O) groups excluding carboxylic acids is 1. The van der Waals surface area contributed by atoms with Crippen molar-refractivity contribution in [3.63, 3.8) is 0 Å². The second-order valence-corrected chi connectivity index (χ2v) is 5.22. The number of hydrogen-bond donors (Lipinski definition) is 2. The van der Waals surface area contributed by atoms with E-state index in [9.17, 15) is 4.79 Å². The Morgan fingerprint density at radius 3 is 2.22 bits per heavy atom. The SMILES string of the molecule is CC(CNC(=O)CN)N1CCN(c2ccccc2)CC1.Cl.Cl.Cl. The lowest BCUT2D eigenvalue weighted by atomic mass is 10.2. The summed E-state index contributed by atoms with van der Waals surface area (Å²) in [5.74, 6) is -0.0835. The van der Waals surface area contributed by atoms with Crippen molar-refractivity contribution in [3.05, 3.63) is 30.3 Å². The Labute approximate surface area is 157 Å². The molecule has 1 aliphatic heterocycles. The van der Waals surface area contributed by atoms with Crippen molar-refractivity contribution in [1.29, 1.82) is 0 Å². The highest BCUT2D eigenvalue weighted by Crippen LogP contribution is 2.16. The number of nitrogens with two attached hydrogens (primary N) is 1. The smallest absolute Gasteiger partial charge is 0.233 e. The Morgan fingerprint density at radius 2 is 1.70 bits per heavy atom. The number of halogens is 3. The van der Waals surface area contributed by atoms with Gasteiger partial charge in [0, 0.05) is 44.5 Å². The maximum Gasteiger partial charge on any atom is 0.233 e. The zero-order valence-electron chi connectivity index (χ0n) is 13.3. The topological polar surface area (TPSA) is 61.6 Å². The van der Waals surface area contributed by atoms with Gasteiger partial charge in [-0.1, -0.05) is 18.2 Å². The van der Waals surface area contributed by atoms with Crippen molar-refractivity contribution in [2.24, 2.45) is 5.73 Å². The molecule has 23 heavy (non-hydrogen) atoms. The lowest BCUT2D eigenvalue weighted by molar-refractivity contribution is -0.119. The average Bonchev–Trinajstić information content (AvgIpc) is 2.53. The molecule has 0 saturated carbocycles. The number of benzene rings is 1. The minimum atomic E-state index is -0.0835. The second kappa shape index (κ2) is 12.7. The van der Waals surface area contributed by atoms with Gasteiger partial charge in [-0.15, -0.1) is 37.2 Å². The van der Waals surface area contributed by atoms with E-state index >= 15 is 0 Å². The molecule has 1 aromatic carbocycles. The van der Waals surface area contributed by atoms with E-state index in [0.29, 0.717) is 12.6 Å². The number of rotatable bonds is 5. The molecule has 3 N–H and O–H groups in total. The van der Waals surface area contributed by atoms with Crippen LogP contribution in [0.5, 0.6) is 0 Å². The minimum absolute atomic E-state index is 0. The summed E-state index contributed by atoms with van der Waals surface area (Å²) >= 11 is 0. The lowest BCUT2D eigenvalue weighted by Crippen LogP contribution is -2.52. The maximum absolute atomic E-state index is 11.2. The van der Waals surface area contributed by atoms with Crippen LogP contribution in [0.2, 0.25) is 0 Å². The largest absolute Gasteiger partial charge is 0.369 e. The van der Waals surface area contributed by atoms with E-state index in [4.69, 9.17) is 5.73 Å². The van der Waals surface area contributed by atoms with E-state index in [-0.39, 0.29) is 49.7 Å². The normalized spacial score (nSPS) is 15.5. The molecular formula is C15H27Cl3N4O. The van der Waals surface area contributed by atoms with Gasteiger partial charge in [0.2, 0.25) is 5.91 Å². The molecule has 8 heteroatoms. The molecule has 134 valence electrons. The van der Waals surface area contributed by atoms with E-state index in [1.807, 2.05) is 6.07 Å². The van der Waals surface area contributed by atoms with E-state index in [1.165, 1.54) is 5.69 Å². The van der Waals surface area contributed by atoms with Crippen LogP contribution in [0.4, 0.5) is 5.69 Å². The number of carbonyl (C=O) groups is 1. The average molecular weight is 386 g/mol. The molecule has 0 spiro atoms. The van der Waals surface area contributed by atoms with Crippen molar-refractivity contribution >= 4 is 48.8 Å². The molecule has 1 atom stereocenters. The van der Waals surface area contributed by atoms with Gasteiger partial charge < -0.3 is 16.0 Å². The van der Waals surface area contributed by atoms with Gasteiger partial charge in [-0.25, -0.2) is 0 Å². The van der Waals surface area contributed by atoms with Gasteiger partial charge in [0.25, 0.3) is 0 Å². The third-order valence-electron chi connectivity index (χ3n) is 3.84. The van der Waals surface area contributed by atoms with Crippen LogP contribution in [0.25, 0.3) is 0 Å². The van der Waals surface area contributed by atoms with E-state index in [0.717, 1.165) is 26.2 Å². The van der Waals surface area contributed by atoms with E-state index in [1.54, 1.807) is 0 Å². The van der Waals surface area contributed by atoms with Crippen molar-refractivity contribution in [1.82, 2.24) is 10.2 Å². The minimum Gasteiger partial charge on any atom is -0.369 e. The third-order valence-corrected chi connectivity index (χ3v) is 3.84. The van der Waals surface area contributed by atoms with E-state index in [2.05, 4.69) is 46.3 Å². The molecule has 0 radical (unpaired) electrons. The predicted octanol–water partition coefficient (Wildman–Crippen LogP) is 1.54. The van der Waals surface area contributed by atoms with Gasteiger partial charge in [-0.3, -0.25) is 9.69 Å². The molecule has 0 aromatic heterocycles. The van der Waals surface area contributed by atoms with Crippen LogP contribution in [0, 0.1) is 0 Å². The van der Waals surface area contributed by atoms with Crippen LogP contribution in [0.1, 0.15) is 6.92 Å². The van der Waals surface area contributed by atoms with Gasteiger partial charge >= 0.3 is 0 Å². The summed E-state index contributed by atoms with van der Waals surface area (Å²) < 4.78 is 0. The molecule has 5 nitrogen and oxygen atoms in total. The first-order chi connectivity index (χ1) is 9.70. The number of anilines is 1. The van der Waals surface area contributed by atoms with Crippen molar-refractivity contribution < 1.29 is 4.79 Å². The fourth-order valence-corrected chi connectivity index (χ4v) is 2.52. The molecule has 1 unspecified atom stereocenters. The standard InChI is InChI=1S/C15H24N4O.3ClH/c1-13(12-17-15(20)11-16)18-7-9-19(10-8-18)14-5-3-2-4-6-14;;;/h2-6,13H,7-12,16H2,1H3,(H,17,20);3*1H. The summed E-state index contributed by atoms with van der Waals surface area (Å²) in [7, 11) is 0. The first-order valence-corrected chi connectivity index (χ1v) is 7.21. The Hall–Kier alpha value is -0.720. The quantitative estimate of drug-likeness (QED) is 0.807. The summed E-state index contributed by atoms with van der Waals surface area (Å²) in [5.41, 5.74) is 6.58. The zero-order valence-corrected chi connectivity index (χ0v) is 15.8. The van der Waals surface area contributed by atoms with Crippen molar-refractivity contribution in [3.8, 4) is 0 Å². The molecule has 1 aliphatic rings. The second-order valence-electron chi connectivity index (χ2n) is 5.22. The van der Waals surface area contributed by atoms with Crippen LogP contribution < -0.4 is 16.0 Å². The van der Waals surface area contributed by atoms with Gasteiger partial charge in [0.05, 0.1) is 6.54 Å². The number of para-hydroxylation sites is 1. The van der Waals surface area contributed by atoms with Crippen LogP contribution in [-0.2, 0) is 4.79 Å². The van der Waals surface area contributed by atoms with Crippen LogP contribution in [0.3, 0.4) is 0 Å². The first kappa shape index (κ1) is 24.5. The maximum atomic E-state index is 11.2. The van der Waals surface area contributed by atoms with Crippen LogP contribution in [0.15, 0.2) is 30.3 Å². The predicted molar refractivity (Wildman–Crippen MR) is 103 cm³/mol. The highest BCUT2D eigenvalue weighted by atomic mass is 35.5. The van der Waals surface area contributed by atoms with Gasteiger partial charge in [0.15, 0.2) is 0 Å². The molecule has 1 heterocycles. The summed E-state index contributed by atoms with van der Waals surface area (Å²) in [4.78, 5) is 16.0. The lowest BCUT2D eigenvalue weighted by Gasteiger charge is -2.39. The molecule has 0 bridgehead atoms. The zero-order chi connectivity index (χ0) is 14.4. The Balaban J connectivity index is 0. The molecule has 1 aromatic rings. The monoisotopic (exact) mass is 384 g/mol. The van der Waals surface area contributed by atoms with Crippen LogP contribution in [-0.4, -0.2) is 56.1 Å². The summed E-state index contributed by atoms with van der Waals surface area (Å²) in [5, 5.41) is 2.85. The number of nitrogens with zero attached hydrogens (tertiary/aromatic N) is 2. The first-order valence-electron chi connectivity index (χ1n) is 7.21.